The number of pyridine rings is 1. The monoisotopic (exact) mass is 560 g/mol. The Morgan fingerprint density at radius 3 is 2.85 bits per heavy atom. The van der Waals surface area contributed by atoms with Gasteiger partial charge in [0, 0.05) is 72.9 Å². The SMILES string of the molecule is O=C(CC1CCN(c2ccnc(F)c2)CC1)Nc1ccc2cc1CCC1C=NC=C(C1)Nc1ncc(Cl)c(n1)N2. The van der Waals surface area contributed by atoms with Crippen molar-refractivity contribution in [1.29, 1.82) is 0 Å². The molecule has 3 N–H and O–H groups in total. The summed E-state index contributed by atoms with van der Waals surface area (Å²) in [6.45, 7) is 1.57. The van der Waals surface area contributed by atoms with Crippen LogP contribution in [-0.4, -0.2) is 40.2 Å². The van der Waals surface area contributed by atoms with Crippen molar-refractivity contribution in [1.82, 2.24) is 15.0 Å². The molecule has 9 nitrogen and oxygen atoms in total. The molecule has 40 heavy (non-hydrogen) atoms. The van der Waals surface area contributed by atoms with Gasteiger partial charge in [0.2, 0.25) is 17.8 Å². The van der Waals surface area contributed by atoms with Crippen LogP contribution in [-0.2, 0) is 11.2 Å². The number of carbonyl (C=O) groups excluding carboxylic acids is 1. The van der Waals surface area contributed by atoms with Crippen molar-refractivity contribution in [3.05, 3.63) is 71.2 Å². The number of hydrogen-bond donors (Lipinski definition) is 3. The molecule has 0 spiro atoms. The Hall–Kier alpha value is -4.05. The highest BCUT2D eigenvalue weighted by molar-refractivity contribution is 6.32. The molecule has 2 aromatic heterocycles. The third-order valence-electron chi connectivity index (χ3n) is 7.62. The molecule has 6 bridgehead atoms. The van der Waals surface area contributed by atoms with Gasteiger partial charge in [-0.05, 0) is 67.9 Å². The van der Waals surface area contributed by atoms with Gasteiger partial charge in [0.25, 0.3) is 0 Å². The zero-order chi connectivity index (χ0) is 27.5. The fraction of sp³-hybridized carbons (Fsp3) is 0.345. The number of piperidine rings is 1. The fourth-order valence-corrected chi connectivity index (χ4v) is 5.62. The third kappa shape index (κ3) is 6.22. The summed E-state index contributed by atoms with van der Waals surface area (Å²) in [6, 6.07) is 9.18. The standard InChI is InChI=1S/C29H30ClFN8O/c30-24-17-34-29-36-22-11-19(15-32-16-22)1-2-20-13-21(35-28(24)38-29)3-4-25(20)37-27(40)12-18-6-9-39(10-7-18)23-5-8-33-26(31)14-23/h3-5,8,13-19H,1-2,6-7,9-12H2,(H,37,40)(H2,34,35,36,38). The number of halogens is 2. The van der Waals surface area contributed by atoms with Gasteiger partial charge in [-0.25, -0.2) is 9.97 Å². The molecule has 206 valence electrons. The third-order valence-corrected chi connectivity index (χ3v) is 7.89. The molecule has 1 amide bonds. The summed E-state index contributed by atoms with van der Waals surface area (Å²) in [4.78, 5) is 32.2. The zero-order valence-electron chi connectivity index (χ0n) is 21.9. The van der Waals surface area contributed by atoms with Gasteiger partial charge in [-0.2, -0.15) is 9.37 Å². The molecule has 1 aromatic carbocycles. The Labute approximate surface area is 237 Å². The van der Waals surface area contributed by atoms with Crippen LogP contribution in [0.5, 0.6) is 0 Å². The maximum atomic E-state index is 13.5. The van der Waals surface area contributed by atoms with Gasteiger partial charge in [0.1, 0.15) is 5.02 Å². The van der Waals surface area contributed by atoms with Gasteiger partial charge in [-0.1, -0.05) is 11.6 Å². The number of amides is 1. The molecule has 6 rings (SSSR count). The van der Waals surface area contributed by atoms with Crippen LogP contribution in [0.3, 0.4) is 0 Å². The van der Waals surface area contributed by atoms with Crippen molar-refractivity contribution in [2.45, 2.75) is 38.5 Å². The van der Waals surface area contributed by atoms with Crippen LogP contribution in [0.2, 0.25) is 5.02 Å². The first-order chi connectivity index (χ1) is 19.5. The Bertz CT molecular complexity index is 1470. The average molecular weight is 561 g/mol. The lowest BCUT2D eigenvalue weighted by atomic mass is 9.92. The number of rotatable bonds is 4. The smallest absolute Gasteiger partial charge is 0.229 e. The second-order valence-corrected chi connectivity index (χ2v) is 10.9. The fourth-order valence-electron chi connectivity index (χ4n) is 5.49. The summed E-state index contributed by atoms with van der Waals surface area (Å²) in [5.74, 6) is 1.01. The van der Waals surface area contributed by atoms with Gasteiger partial charge >= 0.3 is 0 Å². The average Bonchev–Trinajstić information content (AvgIpc) is 2.95. The van der Waals surface area contributed by atoms with E-state index in [4.69, 9.17) is 11.6 Å². The molecule has 1 fully saturated rings. The number of fused-ring (bicyclic) bond motifs is 6. The van der Waals surface area contributed by atoms with Crippen LogP contribution in [0, 0.1) is 17.8 Å². The predicted molar refractivity (Wildman–Crippen MR) is 156 cm³/mol. The maximum Gasteiger partial charge on any atom is 0.229 e. The van der Waals surface area contributed by atoms with E-state index in [0.29, 0.717) is 23.2 Å². The second kappa shape index (κ2) is 11.6. The molecule has 5 heterocycles. The van der Waals surface area contributed by atoms with Crippen LogP contribution in [0.15, 0.2) is 59.6 Å². The van der Waals surface area contributed by atoms with Gasteiger partial charge in [0.15, 0.2) is 5.82 Å². The van der Waals surface area contributed by atoms with Crippen molar-refractivity contribution < 1.29 is 9.18 Å². The summed E-state index contributed by atoms with van der Waals surface area (Å²) in [5, 5.41) is 10.1. The van der Waals surface area contributed by atoms with Crippen LogP contribution in [0.25, 0.3) is 0 Å². The summed E-state index contributed by atoms with van der Waals surface area (Å²) in [5.41, 5.74) is 4.46. The van der Waals surface area contributed by atoms with E-state index < -0.39 is 5.95 Å². The molecule has 0 saturated carbocycles. The molecule has 11 heteroatoms. The number of carbonyl (C=O) groups is 1. The first-order valence-corrected chi connectivity index (χ1v) is 13.9. The molecule has 1 unspecified atom stereocenters. The molecule has 0 radical (unpaired) electrons. The molecule has 3 aliphatic heterocycles. The van der Waals surface area contributed by atoms with Crippen molar-refractivity contribution in [2.75, 3.05) is 33.9 Å². The summed E-state index contributed by atoms with van der Waals surface area (Å²) in [7, 11) is 0. The second-order valence-electron chi connectivity index (χ2n) is 10.5. The van der Waals surface area contributed by atoms with E-state index in [2.05, 4.69) is 40.8 Å². The van der Waals surface area contributed by atoms with Crippen LogP contribution >= 0.6 is 11.6 Å². The van der Waals surface area contributed by atoms with Crippen LogP contribution in [0.4, 0.5) is 33.2 Å². The normalized spacial score (nSPS) is 18.8. The Balaban J connectivity index is 1.15. The van der Waals surface area contributed by atoms with Crippen molar-refractivity contribution >= 4 is 52.6 Å². The van der Waals surface area contributed by atoms with Crippen molar-refractivity contribution in [3.63, 3.8) is 0 Å². The zero-order valence-corrected chi connectivity index (χ0v) is 22.7. The Morgan fingerprint density at radius 1 is 1.12 bits per heavy atom. The Kier molecular flexibility index (Phi) is 7.59. The number of hydrogen-bond acceptors (Lipinski definition) is 8. The minimum atomic E-state index is -0.474. The van der Waals surface area contributed by atoms with Gasteiger partial charge < -0.3 is 20.9 Å². The molecular formula is C29H30ClFN8O. The first-order valence-electron chi connectivity index (χ1n) is 13.6. The van der Waals surface area contributed by atoms with Crippen LogP contribution in [0.1, 0.15) is 37.7 Å². The number of aryl methyl sites for hydroxylation is 1. The van der Waals surface area contributed by atoms with E-state index in [9.17, 15) is 9.18 Å². The molecule has 0 aliphatic carbocycles. The number of aliphatic imine (C=N–C) groups is 1. The van der Waals surface area contributed by atoms with Gasteiger partial charge in [-0.3, -0.25) is 9.79 Å². The van der Waals surface area contributed by atoms with E-state index >= 15 is 0 Å². The quantitative estimate of drug-likeness (QED) is 0.339. The number of anilines is 5. The van der Waals surface area contributed by atoms with E-state index in [1.165, 1.54) is 12.3 Å². The van der Waals surface area contributed by atoms with Crippen molar-refractivity contribution in [2.24, 2.45) is 16.8 Å². The summed E-state index contributed by atoms with van der Waals surface area (Å²) in [6.07, 6.45) is 11.5. The predicted octanol–water partition coefficient (Wildman–Crippen LogP) is 5.94. The molecule has 1 atom stereocenters. The largest absolute Gasteiger partial charge is 0.371 e. The lowest BCUT2D eigenvalue weighted by Crippen LogP contribution is -2.35. The minimum absolute atomic E-state index is 0.00502. The number of allylic oxidation sites excluding steroid dienone is 1. The maximum absolute atomic E-state index is 13.5. The molecule has 3 aromatic rings. The number of nitrogens with one attached hydrogen (secondary N) is 3. The number of aromatic nitrogens is 3. The highest BCUT2D eigenvalue weighted by atomic mass is 35.5. The van der Waals surface area contributed by atoms with Crippen LogP contribution < -0.4 is 20.9 Å². The van der Waals surface area contributed by atoms with E-state index in [-0.39, 0.29) is 17.7 Å². The molecular weight excluding hydrogens is 531 g/mol. The summed E-state index contributed by atoms with van der Waals surface area (Å²) < 4.78 is 13.5. The van der Waals surface area contributed by atoms with E-state index in [0.717, 1.165) is 73.5 Å². The van der Waals surface area contributed by atoms with E-state index in [1.807, 2.05) is 30.5 Å². The van der Waals surface area contributed by atoms with Crippen molar-refractivity contribution in [3.8, 4) is 0 Å². The Morgan fingerprint density at radius 2 is 2.00 bits per heavy atom. The lowest BCUT2D eigenvalue weighted by molar-refractivity contribution is -0.117. The lowest BCUT2D eigenvalue weighted by Gasteiger charge is -2.33. The topological polar surface area (TPSA) is 107 Å². The highest BCUT2D eigenvalue weighted by Crippen LogP contribution is 2.31. The highest BCUT2D eigenvalue weighted by Gasteiger charge is 2.23. The minimum Gasteiger partial charge on any atom is -0.371 e. The first kappa shape index (κ1) is 26.2. The molecule has 3 aliphatic rings. The van der Waals surface area contributed by atoms with Gasteiger partial charge in [0.05, 0.1) is 6.20 Å². The van der Waals surface area contributed by atoms with E-state index in [1.54, 1.807) is 12.4 Å². The van der Waals surface area contributed by atoms with Gasteiger partial charge in [-0.15, -0.1) is 0 Å². The number of benzene rings is 1. The number of nitrogens with zero attached hydrogens (tertiary/aromatic N) is 5. The molecule has 1 saturated heterocycles. The summed E-state index contributed by atoms with van der Waals surface area (Å²) >= 11 is 6.38.